The number of aromatic nitrogens is 12. The Bertz CT molecular complexity index is 4530. The smallest absolute Gasteiger partial charge is 0.343 e. The zero-order chi connectivity index (χ0) is 59.5. The highest BCUT2D eigenvalue weighted by molar-refractivity contribution is 5.99. The number of anilines is 3. The number of fused-ring (bicyclic) bond motifs is 3. The second-order valence-corrected chi connectivity index (χ2v) is 18.1. The van der Waals surface area contributed by atoms with Crippen LogP contribution in [0.25, 0.3) is 67.3 Å². The van der Waals surface area contributed by atoms with E-state index in [0.717, 1.165) is 18.6 Å². The number of benzene rings is 6. The quantitative estimate of drug-likeness (QED) is 0.0620. The third kappa shape index (κ3) is 11.1. The predicted molar refractivity (Wildman–Crippen MR) is 293 cm³/mol. The van der Waals surface area contributed by atoms with Crippen LogP contribution >= 0.6 is 0 Å². The highest BCUT2D eigenvalue weighted by atomic mass is 19.1. The number of hydrogen-bond acceptors (Lipinski definition) is 15. The Morgan fingerprint density at radius 1 is 0.393 bits per heavy atom. The molecule has 0 aliphatic rings. The van der Waals surface area contributed by atoms with E-state index in [2.05, 4.69) is 45.2 Å². The molecular weight excluding hydrogens is 1100 g/mol. The first-order chi connectivity index (χ1) is 40.4. The van der Waals surface area contributed by atoms with E-state index in [1.54, 1.807) is 72.8 Å². The summed E-state index contributed by atoms with van der Waals surface area (Å²) < 4.78 is 89.7. The van der Waals surface area contributed by atoms with Crippen molar-refractivity contribution >= 4 is 68.1 Å². The number of nitrogens with two attached hydrogens (primary N) is 3. The van der Waals surface area contributed by atoms with E-state index in [9.17, 15) is 40.7 Å². The third-order valence-corrected chi connectivity index (χ3v) is 12.8. The molecule has 0 radical (unpaired) electrons. The van der Waals surface area contributed by atoms with E-state index >= 15 is 0 Å². The summed E-state index contributed by atoms with van der Waals surface area (Å²) >= 11 is 0. The molecule has 0 atom stereocenters. The Balaban J connectivity index is 0.000000140. The van der Waals surface area contributed by atoms with Gasteiger partial charge in [0.2, 0.25) is 0 Å². The van der Waals surface area contributed by atoms with Crippen LogP contribution in [0, 0.1) is 34.9 Å². The first-order valence-corrected chi connectivity index (χ1v) is 24.6. The van der Waals surface area contributed by atoms with Gasteiger partial charge in [0.25, 0.3) is 0 Å². The molecule has 6 heterocycles. The van der Waals surface area contributed by atoms with Crippen molar-refractivity contribution in [3.8, 4) is 34.6 Å². The standard InChI is InChI=1S/C19H14F2N6O2.C19H13F2N5O2.C19H12F2N4O2/c20-11-6-2-1-4-9(11)8-27-15-10(5-3-7-12(15)21)14(26-27)18-24-16(22)13(19(28)29)17(23)25-18;20-13-6-2-1-4-10(13)9-26-16-11(5-3-7-14(16)21)15(25-26)18-23-8-12(19(27)28)17(22)24-18;20-14-6-2-1-4-11(14)10-25-17-13(5-3-7-15(17)21)16(24-25)18-22-8-12(9-23-18)19(26)27/h1-7H,8H2,(H,28,29)(H4,22,23,24,25);1-8H,9H2,(H,27,28)(H2,22,23,24);1-9H,10H2,(H,26,27). The maximum Gasteiger partial charge on any atom is 0.343 e. The molecule has 21 nitrogen and oxygen atoms in total. The van der Waals surface area contributed by atoms with Crippen LogP contribution in [-0.2, 0) is 19.6 Å². The number of aromatic carboxylic acids is 3. The summed E-state index contributed by atoms with van der Waals surface area (Å²) in [4.78, 5) is 57.3. The number of carbonyl (C=O) groups is 3. The molecule has 6 aromatic carbocycles. The fourth-order valence-electron chi connectivity index (χ4n) is 8.84. The van der Waals surface area contributed by atoms with Crippen molar-refractivity contribution in [3.63, 3.8) is 0 Å². The highest BCUT2D eigenvalue weighted by Gasteiger charge is 2.25. The number of hydrogen-bond donors (Lipinski definition) is 6. The number of nitrogens with zero attached hydrogens (tertiary/aromatic N) is 12. The first kappa shape index (κ1) is 55.7. The Hall–Kier alpha value is -11.6. The topological polar surface area (TPSA) is 321 Å². The zero-order valence-electron chi connectivity index (χ0n) is 42.9. The van der Waals surface area contributed by atoms with Gasteiger partial charge in [0.1, 0.15) is 97.1 Å². The number of carboxylic acid groups (broad SMARTS) is 3. The molecular formula is C57H39F6N15O6. The molecule has 9 N–H and O–H groups in total. The monoisotopic (exact) mass is 1140 g/mol. The minimum Gasteiger partial charge on any atom is -0.478 e. The summed E-state index contributed by atoms with van der Waals surface area (Å²) in [5.41, 5.74) is 18.5. The maximum atomic E-state index is 14.6. The minimum atomic E-state index is -1.37. The van der Waals surface area contributed by atoms with Crippen LogP contribution in [0.2, 0.25) is 0 Å². The number of carboxylic acids is 3. The van der Waals surface area contributed by atoms with Gasteiger partial charge < -0.3 is 32.5 Å². The largest absolute Gasteiger partial charge is 0.478 e. The lowest BCUT2D eigenvalue weighted by atomic mass is 10.1. The fourth-order valence-corrected chi connectivity index (χ4v) is 8.84. The van der Waals surface area contributed by atoms with E-state index < -0.39 is 58.4 Å². The van der Waals surface area contributed by atoms with Crippen LogP contribution in [0.4, 0.5) is 43.8 Å². The molecule has 0 fully saturated rings. The average molecular weight is 1140 g/mol. The van der Waals surface area contributed by atoms with E-state index in [1.807, 2.05) is 0 Å². The molecule has 27 heteroatoms. The van der Waals surface area contributed by atoms with Gasteiger partial charge in [-0.05, 0) is 36.4 Å². The summed E-state index contributed by atoms with van der Waals surface area (Å²) in [6.45, 7) is -0.0214. The van der Waals surface area contributed by atoms with Crippen molar-refractivity contribution in [2.45, 2.75) is 19.6 Å². The van der Waals surface area contributed by atoms with Crippen molar-refractivity contribution in [3.05, 3.63) is 214 Å². The van der Waals surface area contributed by atoms with Crippen LogP contribution in [0.5, 0.6) is 0 Å². The summed E-state index contributed by atoms with van der Waals surface area (Å²) in [5.74, 6) is -7.47. The van der Waals surface area contributed by atoms with Gasteiger partial charge in [-0.25, -0.2) is 70.6 Å². The molecule has 6 aromatic heterocycles. The van der Waals surface area contributed by atoms with Crippen molar-refractivity contribution in [2.24, 2.45) is 0 Å². The van der Waals surface area contributed by atoms with Crippen LogP contribution in [0.15, 0.2) is 146 Å². The van der Waals surface area contributed by atoms with Gasteiger partial charge in [0.05, 0.1) is 25.2 Å². The van der Waals surface area contributed by atoms with Crippen LogP contribution in [0.1, 0.15) is 47.8 Å². The number of halogens is 6. The highest BCUT2D eigenvalue weighted by Crippen LogP contribution is 2.33. The molecule has 84 heavy (non-hydrogen) atoms. The van der Waals surface area contributed by atoms with E-state index in [4.69, 9.17) is 32.5 Å². The van der Waals surface area contributed by atoms with Crippen molar-refractivity contribution < 1.29 is 56.0 Å². The molecule has 0 saturated heterocycles. The first-order valence-electron chi connectivity index (χ1n) is 24.6. The predicted octanol–water partition coefficient (Wildman–Crippen LogP) is 9.30. The third-order valence-electron chi connectivity index (χ3n) is 12.8. The SMILES string of the molecule is Nc1nc(-c2nn(Cc3ccccc3F)c3c(F)cccc23)nc(N)c1C(=O)O.Nc1nc(-c2nn(Cc3ccccc3F)c3c(F)cccc23)ncc1C(=O)O.O=C(O)c1cnc(-c2nn(Cc3ccccc3F)c3c(F)cccc23)nc1. The van der Waals surface area contributed by atoms with Crippen LogP contribution < -0.4 is 17.2 Å². The molecule has 0 aliphatic carbocycles. The maximum absolute atomic E-state index is 14.6. The zero-order valence-corrected chi connectivity index (χ0v) is 42.9. The molecule has 12 aromatic rings. The Morgan fingerprint density at radius 2 is 0.738 bits per heavy atom. The Labute approximate surface area is 467 Å². The lowest BCUT2D eigenvalue weighted by Gasteiger charge is -2.06. The molecule has 0 aliphatic heterocycles. The lowest BCUT2D eigenvalue weighted by Crippen LogP contribution is -2.12. The van der Waals surface area contributed by atoms with Gasteiger partial charge in [-0.2, -0.15) is 15.3 Å². The van der Waals surface area contributed by atoms with Crippen LogP contribution in [-0.4, -0.2) is 92.5 Å². The molecule has 0 saturated carbocycles. The number of rotatable bonds is 12. The second kappa shape index (κ2) is 23.2. The Kier molecular flexibility index (Phi) is 15.4. The molecule has 0 spiro atoms. The molecule has 12 rings (SSSR count). The van der Waals surface area contributed by atoms with Crippen molar-refractivity contribution in [2.75, 3.05) is 17.2 Å². The summed E-state index contributed by atoms with van der Waals surface area (Å²) in [6, 6.07) is 31.6. The molecule has 0 unspecified atom stereocenters. The average Bonchev–Trinajstić information content (AvgIpc) is 2.67. The van der Waals surface area contributed by atoms with Crippen molar-refractivity contribution in [1.82, 2.24) is 59.2 Å². The van der Waals surface area contributed by atoms with E-state index in [0.29, 0.717) is 32.8 Å². The van der Waals surface area contributed by atoms with Gasteiger partial charge in [-0.1, -0.05) is 91.0 Å². The normalized spacial score (nSPS) is 11.1. The van der Waals surface area contributed by atoms with Gasteiger partial charge in [-0.15, -0.1) is 0 Å². The summed E-state index contributed by atoms with van der Waals surface area (Å²) in [7, 11) is 0. The fraction of sp³-hybridized carbons (Fsp3) is 0.0526. The van der Waals surface area contributed by atoms with E-state index in [-0.39, 0.29) is 99.3 Å². The van der Waals surface area contributed by atoms with Crippen LogP contribution in [0.3, 0.4) is 0 Å². The van der Waals surface area contributed by atoms with Gasteiger partial charge in [0.15, 0.2) is 17.5 Å². The lowest BCUT2D eigenvalue weighted by molar-refractivity contribution is 0.0685. The Morgan fingerprint density at radius 3 is 1.10 bits per heavy atom. The summed E-state index contributed by atoms with van der Waals surface area (Å²) in [5, 5.41) is 41.5. The summed E-state index contributed by atoms with van der Waals surface area (Å²) in [6.07, 6.45) is 3.39. The second-order valence-electron chi connectivity index (χ2n) is 18.1. The number of nitrogen functional groups attached to an aromatic ring is 3. The molecule has 0 bridgehead atoms. The molecule has 420 valence electrons. The molecule has 0 amide bonds. The van der Waals surface area contributed by atoms with Gasteiger partial charge in [0, 0.05) is 51.4 Å². The van der Waals surface area contributed by atoms with Gasteiger partial charge in [-0.3, -0.25) is 14.0 Å². The van der Waals surface area contributed by atoms with Crippen molar-refractivity contribution in [1.29, 1.82) is 0 Å². The van der Waals surface area contributed by atoms with E-state index in [1.165, 1.54) is 68.6 Å². The van der Waals surface area contributed by atoms with Gasteiger partial charge >= 0.3 is 17.9 Å². The minimum absolute atomic E-state index is 0.00714. The number of para-hydroxylation sites is 3.